The predicted octanol–water partition coefficient (Wildman–Crippen LogP) is 1.35. The number of rotatable bonds is 1. The number of aliphatic hydroxyl groups is 1. The summed E-state index contributed by atoms with van der Waals surface area (Å²) in [4.78, 5) is 2.66. The van der Waals surface area contributed by atoms with Crippen LogP contribution in [0.1, 0.15) is 13.8 Å². The van der Waals surface area contributed by atoms with Gasteiger partial charge >= 0.3 is 0 Å². The Bertz CT molecular complexity index is 243. The zero-order valence-electron chi connectivity index (χ0n) is 7.01. The molecule has 12 heavy (non-hydrogen) atoms. The van der Waals surface area contributed by atoms with Crippen molar-refractivity contribution < 1.29 is 9.84 Å². The minimum atomic E-state index is -1.11. The third-order valence-corrected chi connectivity index (χ3v) is 1.92. The third-order valence-electron chi connectivity index (χ3n) is 1.92. The first-order valence-corrected chi connectivity index (χ1v) is 3.67. The molecule has 1 aliphatic rings. The highest BCUT2D eigenvalue weighted by Crippen LogP contribution is 2.24. The van der Waals surface area contributed by atoms with Crippen LogP contribution in [0.4, 0.5) is 0 Å². The molecule has 0 aromatic carbocycles. The van der Waals surface area contributed by atoms with Crippen LogP contribution >= 0.6 is 0 Å². The van der Waals surface area contributed by atoms with Crippen molar-refractivity contribution in [3.05, 3.63) is 22.8 Å². The number of nitrogens with zero attached hydrogens (tertiary/aromatic N) is 3. The molecular weight excluding hydrogens is 158 g/mol. The fraction of sp³-hybridized carbons (Fsp3) is 0.714. The Morgan fingerprint density at radius 1 is 1.75 bits per heavy atom. The fourth-order valence-electron chi connectivity index (χ4n) is 1.22. The first-order valence-electron chi connectivity index (χ1n) is 3.67. The largest absolute Gasteiger partial charge is 0.498 e. The molecule has 3 atom stereocenters. The van der Waals surface area contributed by atoms with Gasteiger partial charge in [0.1, 0.15) is 12.1 Å². The highest BCUT2D eigenvalue weighted by molar-refractivity contribution is 5.08. The second-order valence-electron chi connectivity index (χ2n) is 3.02. The van der Waals surface area contributed by atoms with E-state index >= 15 is 0 Å². The summed E-state index contributed by atoms with van der Waals surface area (Å²) in [5, 5.41) is 13.2. The molecule has 0 aromatic rings. The second kappa shape index (κ2) is 3.05. The lowest BCUT2D eigenvalue weighted by molar-refractivity contribution is -0.00557. The Kier molecular flexibility index (Phi) is 2.26. The highest BCUT2D eigenvalue weighted by atomic mass is 16.5. The minimum absolute atomic E-state index is 0.291. The summed E-state index contributed by atoms with van der Waals surface area (Å²) in [7, 11) is 0. The van der Waals surface area contributed by atoms with Crippen molar-refractivity contribution in [2.45, 2.75) is 31.6 Å². The Hall–Kier alpha value is -1.19. The van der Waals surface area contributed by atoms with E-state index in [1.165, 1.54) is 12.3 Å². The van der Waals surface area contributed by atoms with Crippen LogP contribution in [0.15, 0.2) is 17.5 Å². The summed E-state index contributed by atoms with van der Waals surface area (Å²) < 4.78 is 5.07. The van der Waals surface area contributed by atoms with Gasteiger partial charge in [-0.1, -0.05) is 5.11 Å². The smallest absolute Gasteiger partial charge is 0.107 e. The van der Waals surface area contributed by atoms with Crippen molar-refractivity contribution in [1.29, 1.82) is 0 Å². The van der Waals surface area contributed by atoms with Gasteiger partial charge in [0.2, 0.25) is 0 Å². The summed E-state index contributed by atoms with van der Waals surface area (Å²) in [6, 6.07) is -0.563. The maximum Gasteiger partial charge on any atom is 0.107 e. The molecule has 5 nitrogen and oxygen atoms in total. The van der Waals surface area contributed by atoms with Gasteiger partial charge in [-0.2, -0.15) is 0 Å². The molecule has 0 saturated heterocycles. The van der Waals surface area contributed by atoms with Crippen LogP contribution in [0.25, 0.3) is 10.4 Å². The zero-order chi connectivity index (χ0) is 9.19. The first kappa shape index (κ1) is 8.90. The van der Waals surface area contributed by atoms with E-state index in [4.69, 9.17) is 10.3 Å². The van der Waals surface area contributed by atoms with E-state index < -0.39 is 11.6 Å². The maximum absolute atomic E-state index is 9.70. The van der Waals surface area contributed by atoms with Crippen molar-refractivity contribution in [3.8, 4) is 0 Å². The average Bonchev–Trinajstić information content (AvgIpc) is 1.97. The number of azide groups is 1. The first-order chi connectivity index (χ1) is 5.58. The lowest BCUT2D eigenvalue weighted by Crippen LogP contribution is -2.45. The van der Waals surface area contributed by atoms with Crippen LogP contribution in [-0.4, -0.2) is 22.9 Å². The van der Waals surface area contributed by atoms with Crippen LogP contribution < -0.4 is 0 Å². The number of hydrogen-bond acceptors (Lipinski definition) is 3. The minimum Gasteiger partial charge on any atom is -0.498 e. The monoisotopic (exact) mass is 169 g/mol. The van der Waals surface area contributed by atoms with Gasteiger partial charge in [-0.25, -0.2) is 0 Å². The van der Waals surface area contributed by atoms with Gasteiger partial charge in [0, 0.05) is 4.91 Å². The molecule has 5 heteroatoms. The second-order valence-corrected chi connectivity index (χ2v) is 3.02. The molecular formula is C7H11N3O2. The number of hydrogen-bond donors (Lipinski definition) is 1. The fourth-order valence-corrected chi connectivity index (χ4v) is 1.22. The van der Waals surface area contributed by atoms with Crippen LogP contribution in [0.2, 0.25) is 0 Å². The maximum atomic E-state index is 9.70. The Morgan fingerprint density at radius 3 is 2.92 bits per heavy atom. The zero-order valence-corrected chi connectivity index (χ0v) is 7.01. The van der Waals surface area contributed by atoms with Crippen molar-refractivity contribution >= 4 is 0 Å². The van der Waals surface area contributed by atoms with Gasteiger partial charge in [-0.15, -0.1) is 0 Å². The Labute approximate surface area is 70.3 Å². The molecule has 0 aromatic heterocycles. The molecule has 0 unspecified atom stereocenters. The Balaban J connectivity index is 2.92. The van der Waals surface area contributed by atoms with Crippen LogP contribution in [0.3, 0.4) is 0 Å². The van der Waals surface area contributed by atoms with E-state index in [9.17, 15) is 5.11 Å². The molecule has 1 N–H and O–H groups in total. The lowest BCUT2D eigenvalue weighted by atomic mass is 9.92. The molecule has 0 aliphatic carbocycles. The van der Waals surface area contributed by atoms with E-state index in [0.717, 1.165) is 0 Å². The third kappa shape index (κ3) is 1.52. The van der Waals surface area contributed by atoms with Crippen molar-refractivity contribution in [3.63, 3.8) is 0 Å². The SMILES string of the molecule is C[C@H]1OC=C[C@@](C)(O)[C@H]1N=[N+]=[N-]. The molecule has 1 rings (SSSR count). The van der Waals surface area contributed by atoms with E-state index in [0.29, 0.717) is 0 Å². The van der Waals surface area contributed by atoms with Crippen molar-refractivity contribution in [2.24, 2.45) is 5.11 Å². The van der Waals surface area contributed by atoms with Gasteiger partial charge in [-0.3, -0.25) is 0 Å². The summed E-state index contributed by atoms with van der Waals surface area (Å²) >= 11 is 0. The molecule has 66 valence electrons. The van der Waals surface area contributed by atoms with Crippen LogP contribution in [0.5, 0.6) is 0 Å². The summed E-state index contributed by atoms with van der Waals surface area (Å²) in [6.07, 6.45) is 2.61. The summed E-state index contributed by atoms with van der Waals surface area (Å²) in [5.41, 5.74) is 7.13. The van der Waals surface area contributed by atoms with Crippen LogP contribution in [0, 0.1) is 0 Å². The lowest BCUT2D eigenvalue weighted by Gasteiger charge is -2.34. The van der Waals surface area contributed by atoms with Gasteiger partial charge in [-0.05, 0) is 25.5 Å². The standard InChI is InChI=1S/C7H11N3O2/c1-5-6(9-10-8)7(2,11)3-4-12-5/h3-6,11H,1-2H3/t5-,6+,7-/m1/s1. The molecule has 0 fully saturated rings. The van der Waals surface area contributed by atoms with E-state index in [-0.39, 0.29) is 6.10 Å². The normalized spacial score (nSPS) is 39.9. The Morgan fingerprint density at radius 2 is 2.42 bits per heavy atom. The van der Waals surface area contributed by atoms with E-state index in [1.807, 2.05) is 0 Å². The quantitative estimate of drug-likeness (QED) is 0.365. The topological polar surface area (TPSA) is 78.2 Å². The highest BCUT2D eigenvalue weighted by Gasteiger charge is 2.36. The average molecular weight is 169 g/mol. The molecule has 0 saturated carbocycles. The van der Waals surface area contributed by atoms with Gasteiger partial charge in [0.05, 0.1) is 11.9 Å². The molecule has 0 radical (unpaired) electrons. The summed E-state index contributed by atoms with van der Waals surface area (Å²) in [5.74, 6) is 0. The summed E-state index contributed by atoms with van der Waals surface area (Å²) in [6.45, 7) is 3.33. The number of ether oxygens (including phenoxy) is 1. The van der Waals surface area contributed by atoms with E-state index in [2.05, 4.69) is 10.0 Å². The predicted molar refractivity (Wildman–Crippen MR) is 43.2 cm³/mol. The van der Waals surface area contributed by atoms with Crippen molar-refractivity contribution in [1.82, 2.24) is 0 Å². The molecule has 1 heterocycles. The van der Waals surface area contributed by atoms with Gasteiger partial charge in [0.15, 0.2) is 0 Å². The van der Waals surface area contributed by atoms with Crippen LogP contribution in [-0.2, 0) is 4.74 Å². The molecule has 0 bridgehead atoms. The molecule has 0 spiro atoms. The van der Waals surface area contributed by atoms with Gasteiger partial charge < -0.3 is 9.84 Å². The van der Waals surface area contributed by atoms with Crippen molar-refractivity contribution in [2.75, 3.05) is 0 Å². The van der Waals surface area contributed by atoms with E-state index in [1.54, 1.807) is 13.8 Å². The molecule has 1 aliphatic heterocycles. The molecule has 0 amide bonds. The van der Waals surface area contributed by atoms with Gasteiger partial charge in [0.25, 0.3) is 0 Å².